The average molecular weight is 190 g/mol. The molecule has 5 nitrogen and oxygen atoms in total. The molecule has 0 radical (unpaired) electrons. The van der Waals surface area contributed by atoms with E-state index in [4.69, 9.17) is 14.9 Å². The van der Waals surface area contributed by atoms with Crippen LogP contribution in [0, 0.1) is 0 Å². The number of phosphoric ester groups is 1. The van der Waals surface area contributed by atoms with E-state index in [0.29, 0.717) is 0 Å². The predicted molar refractivity (Wildman–Crippen MR) is 40.8 cm³/mol. The molecule has 0 fully saturated rings. The first kappa shape index (κ1) is 9.06. The van der Waals surface area contributed by atoms with Crippen molar-refractivity contribution in [1.82, 2.24) is 0 Å². The van der Waals surface area contributed by atoms with Gasteiger partial charge in [0, 0.05) is 6.07 Å². The highest BCUT2D eigenvalue weighted by molar-refractivity contribution is 7.46. The fraction of sp³-hybridized carbons (Fsp3) is 0. The largest absolute Gasteiger partial charge is 0.524 e. The Morgan fingerprint density at radius 1 is 1.33 bits per heavy atom. The first-order chi connectivity index (χ1) is 5.47. The van der Waals surface area contributed by atoms with Crippen LogP contribution >= 0.6 is 7.82 Å². The Balaban J connectivity index is 2.84. The maximum absolute atomic E-state index is 10.3. The van der Waals surface area contributed by atoms with Gasteiger partial charge in [-0.2, -0.15) is 0 Å². The zero-order chi connectivity index (χ0) is 9.19. The summed E-state index contributed by atoms with van der Waals surface area (Å²) in [7, 11) is -4.52. The molecule has 12 heavy (non-hydrogen) atoms. The van der Waals surface area contributed by atoms with Gasteiger partial charge >= 0.3 is 7.82 Å². The molecule has 0 aliphatic rings. The molecule has 0 heterocycles. The SMILES string of the molecule is O=P(O)(O)Oc1cccc(O)c1. The van der Waals surface area contributed by atoms with Gasteiger partial charge in [0.1, 0.15) is 11.5 Å². The van der Waals surface area contributed by atoms with Crippen LogP contribution in [0.3, 0.4) is 0 Å². The molecule has 0 saturated carbocycles. The van der Waals surface area contributed by atoms with Crippen molar-refractivity contribution in [2.75, 3.05) is 0 Å². The Morgan fingerprint density at radius 2 is 2.00 bits per heavy atom. The molecule has 0 bridgehead atoms. The van der Waals surface area contributed by atoms with Crippen molar-refractivity contribution in [3.05, 3.63) is 24.3 Å². The second-order valence-corrected chi connectivity index (χ2v) is 3.24. The Bertz CT molecular complexity index is 317. The molecular weight excluding hydrogens is 183 g/mol. The Hall–Kier alpha value is -1.03. The zero-order valence-corrected chi connectivity index (χ0v) is 6.81. The summed E-state index contributed by atoms with van der Waals surface area (Å²) in [5.41, 5.74) is 0. The second-order valence-electron chi connectivity index (χ2n) is 2.08. The molecule has 0 aliphatic heterocycles. The smallest absolute Gasteiger partial charge is 0.508 e. The molecule has 1 aromatic carbocycles. The molecule has 0 amide bonds. The minimum absolute atomic E-state index is 0.0664. The second kappa shape index (κ2) is 3.15. The van der Waals surface area contributed by atoms with Crippen LogP contribution in [0.25, 0.3) is 0 Å². The Kier molecular flexibility index (Phi) is 2.38. The molecule has 0 aromatic heterocycles. The highest BCUT2D eigenvalue weighted by Gasteiger charge is 2.15. The van der Waals surface area contributed by atoms with Gasteiger partial charge in [-0.05, 0) is 12.1 Å². The molecule has 1 aromatic rings. The maximum Gasteiger partial charge on any atom is 0.524 e. The first-order valence-corrected chi connectivity index (χ1v) is 4.54. The number of benzene rings is 1. The number of phenols is 1. The van der Waals surface area contributed by atoms with E-state index < -0.39 is 7.82 Å². The summed E-state index contributed by atoms with van der Waals surface area (Å²) in [6.07, 6.45) is 0. The van der Waals surface area contributed by atoms with Crippen molar-refractivity contribution in [3.63, 3.8) is 0 Å². The lowest BCUT2D eigenvalue weighted by Crippen LogP contribution is -1.89. The highest BCUT2D eigenvalue weighted by Crippen LogP contribution is 2.38. The standard InChI is InChI=1S/C6H7O5P/c7-5-2-1-3-6(4-5)11-12(8,9)10/h1-4,7H,(H2,8,9,10). The van der Waals surface area contributed by atoms with Crippen LogP contribution in [0.15, 0.2) is 24.3 Å². The summed E-state index contributed by atoms with van der Waals surface area (Å²) in [5.74, 6) is -0.177. The van der Waals surface area contributed by atoms with Gasteiger partial charge in [-0.1, -0.05) is 6.07 Å². The van der Waals surface area contributed by atoms with Gasteiger partial charge in [0.15, 0.2) is 0 Å². The fourth-order valence-corrected chi connectivity index (χ4v) is 1.07. The molecule has 0 aliphatic carbocycles. The van der Waals surface area contributed by atoms with E-state index in [1.54, 1.807) is 0 Å². The van der Waals surface area contributed by atoms with Gasteiger partial charge in [0.2, 0.25) is 0 Å². The first-order valence-electron chi connectivity index (χ1n) is 3.01. The van der Waals surface area contributed by atoms with Gasteiger partial charge in [-0.3, -0.25) is 9.79 Å². The third-order valence-electron chi connectivity index (χ3n) is 1.04. The molecule has 0 atom stereocenters. The number of hydrogen-bond donors (Lipinski definition) is 3. The third-order valence-corrected chi connectivity index (χ3v) is 1.49. The molecule has 0 saturated heterocycles. The Labute approximate surface area is 68.5 Å². The van der Waals surface area contributed by atoms with Crippen LogP contribution in [0.2, 0.25) is 0 Å². The van der Waals surface area contributed by atoms with Crippen molar-refractivity contribution >= 4 is 7.82 Å². The molecule has 0 unspecified atom stereocenters. The van der Waals surface area contributed by atoms with E-state index in [1.165, 1.54) is 18.2 Å². The summed E-state index contributed by atoms with van der Waals surface area (Å²) < 4.78 is 14.5. The van der Waals surface area contributed by atoms with Crippen LogP contribution in [0.4, 0.5) is 0 Å². The summed E-state index contributed by atoms with van der Waals surface area (Å²) >= 11 is 0. The van der Waals surface area contributed by atoms with Crippen molar-refractivity contribution in [3.8, 4) is 11.5 Å². The molecule has 1 rings (SSSR count). The van der Waals surface area contributed by atoms with Gasteiger partial charge in [0.25, 0.3) is 0 Å². The average Bonchev–Trinajstić information content (AvgIpc) is 1.82. The van der Waals surface area contributed by atoms with Crippen LogP contribution in [0.1, 0.15) is 0 Å². The molecular formula is C6H7O5P. The van der Waals surface area contributed by atoms with E-state index in [0.717, 1.165) is 6.07 Å². The summed E-state index contributed by atoms with van der Waals surface area (Å²) in [6, 6.07) is 5.23. The van der Waals surface area contributed by atoms with Crippen molar-refractivity contribution in [2.45, 2.75) is 0 Å². The van der Waals surface area contributed by atoms with Crippen LogP contribution in [-0.2, 0) is 4.57 Å². The summed E-state index contributed by atoms with van der Waals surface area (Å²) in [4.78, 5) is 16.7. The normalized spacial score (nSPS) is 11.2. The van der Waals surface area contributed by atoms with Crippen molar-refractivity contribution < 1.29 is 24.0 Å². The molecule has 3 N–H and O–H groups in total. The lowest BCUT2D eigenvalue weighted by atomic mass is 10.3. The van der Waals surface area contributed by atoms with E-state index in [9.17, 15) is 4.57 Å². The lowest BCUT2D eigenvalue weighted by Gasteiger charge is -2.05. The van der Waals surface area contributed by atoms with Crippen LogP contribution in [-0.4, -0.2) is 14.9 Å². The summed E-state index contributed by atoms with van der Waals surface area (Å²) in [5, 5.41) is 8.88. The van der Waals surface area contributed by atoms with Crippen LogP contribution < -0.4 is 4.52 Å². The van der Waals surface area contributed by atoms with E-state index >= 15 is 0 Å². The van der Waals surface area contributed by atoms with Crippen molar-refractivity contribution in [2.24, 2.45) is 0 Å². The van der Waals surface area contributed by atoms with Gasteiger partial charge < -0.3 is 9.63 Å². The minimum atomic E-state index is -4.52. The van der Waals surface area contributed by atoms with E-state index in [1.807, 2.05) is 0 Å². The van der Waals surface area contributed by atoms with Crippen LogP contribution in [0.5, 0.6) is 11.5 Å². The van der Waals surface area contributed by atoms with Gasteiger partial charge in [-0.15, -0.1) is 0 Å². The third kappa shape index (κ3) is 2.92. The molecule has 0 spiro atoms. The number of hydrogen-bond acceptors (Lipinski definition) is 3. The predicted octanol–water partition coefficient (Wildman–Crippen LogP) is 0.864. The zero-order valence-electron chi connectivity index (χ0n) is 5.91. The topological polar surface area (TPSA) is 87.0 Å². The summed E-state index contributed by atoms with van der Waals surface area (Å²) in [6.45, 7) is 0. The van der Waals surface area contributed by atoms with E-state index in [2.05, 4.69) is 4.52 Å². The number of phenolic OH excluding ortho intramolecular Hbond substituents is 1. The quantitative estimate of drug-likeness (QED) is 0.602. The number of phosphoric acid groups is 1. The number of aromatic hydroxyl groups is 1. The van der Waals surface area contributed by atoms with E-state index in [-0.39, 0.29) is 11.5 Å². The van der Waals surface area contributed by atoms with Gasteiger partial charge in [0.05, 0.1) is 0 Å². The number of rotatable bonds is 2. The minimum Gasteiger partial charge on any atom is -0.508 e. The highest BCUT2D eigenvalue weighted by atomic mass is 31.2. The van der Waals surface area contributed by atoms with Gasteiger partial charge in [-0.25, -0.2) is 4.57 Å². The Morgan fingerprint density at radius 3 is 2.50 bits per heavy atom. The monoisotopic (exact) mass is 190 g/mol. The lowest BCUT2D eigenvalue weighted by molar-refractivity contribution is 0.283. The maximum atomic E-state index is 10.3. The van der Waals surface area contributed by atoms with Crippen molar-refractivity contribution in [1.29, 1.82) is 0 Å². The fourth-order valence-electron chi connectivity index (χ4n) is 0.678. The molecule has 6 heteroatoms. The molecule has 66 valence electrons.